The zero-order chi connectivity index (χ0) is 18.5. The number of allylic oxidation sites excluding steroid dienone is 1. The lowest BCUT2D eigenvalue weighted by molar-refractivity contribution is -0.116. The Bertz CT molecular complexity index is 782. The van der Waals surface area contributed by atoms with Crippen LogP contribution in [0.15, 0.2) is 48.5 Å². The molecule has 1 aromatic heterocycles. The lowest BCUT2D eigenvalue weighted by Crippen LogP contribution is -2.16. The van der Waals surface area contributed by atoms with Gasteiger partial charge in [-0.1, -0.05) is 12.1 Å². The largest absolute Gasteiger partial charge is 0.495 e. The van der Waals surface area contributed by atoms with E-state index in [0.29, 0.717) is 18.8 Å². The minimum atomic E-state index is -0.0961. The van der Waals surface area contributed by atoms with Gasteiger partial charge in [0.2, 0.25) is 11.9 Å². The minimum Gasteiger partial charge on any atom is -0.495 e. The van der Waals surface area contributed by atoms with Crippen LogP contribution in [-0.2, 0) is 9.53 Å². The molecule has 2 aromatic rings. The molecule has 0 bridgehead atoms. The van der Waals surface area contributed by atoms with Crippen LogP contribution in [0.25, 0.3) is 11.1 Å². The molecule has 1 aliphatic heterocycles. The molecular formula is C20H24N4O2. The number of ether oxygens (including phenoxy) is 1. The number of benzene rings is 1. The normalized spacial score (nSPS) is 16.0. The number of nitrogens with zero attached hydrogens (tertiary/aromatic N) is 3. The third-order valence-corrected chi connectivity index (χ3v) is 4.33. The van der Waals surface area contributed by atoms with Crippen LogP contribution < -0.4 is 10.2 Å². The summed E-state index contributed by atoms with van der Waals surface area (Å²) in [5.41, 5.74) is 3.08. The van der Waals surface area contributed by atoms with Crippen LogP contribution in [0.2, 0.25) is 0 Å². The summed E-state index contributed by atoms with van der Waals surface area (Å²) in [6, 6.07) is 8.16. The first-order valence-corrected chi connectivity index (χ1v) is 8.74. The second kappa shape index (κ2) is 7.99. The third kappa shape index (κ3) is 4.59. The van der Waals surface area contributed by atoms with Gasteiger partial charge in [0.1, 0.15) is 6.10 Å². The Labute approximate surface area is 153 Å². The molecule has 1 N–H and O–H groups in total. The summed E-state index contributed by atoms with van der Waals surface area (Å²) < 4.78 is 5.60. The van der Waals surface area contributed by atoms with Crippen LogP contribution in [0, 0.1) is 0 Å². The maximum atomic E-state index is 12.0. The summed E-state index contributed by atoms with van der Waals surface area (Å²) in [6.07, 6.45) is 7.56. The predicted octanol–water partition coefficient (Wildman–Crippen LogP) is 3.62. The topological polar surface area (TPSA) is 67.4 Å². The number of aromatic nitrogens is 2. The molecule has 1 atom stereocenters. The van der Waals surface area contributed by atoms with E-state index in [4.69, 9.17) is 4.74 Å². The van der Waals surface area contributed by atoms with E-state index in [0.717, 1.165) is 29.0 Å². The van der Waals surface area contributed by atoms with Crippen molar-refractivity contribution in [1.82, 2.24) is 9.97 Å². The van der Waals surface area contributed by atoms with E-state index in [9.17, 15) is 4.79 Å². The lowest BCUT2D eigenvalue weighted by atomic mass is 10.1. The van der Waals surface area contributed by atoms with Gasteiger partial charge in [0.25, 0.3) is 0 Å². The number of amides is 1. The molecular weight excluding hydrogens is 328 g/mol. The second-order valence-corrected chi connectivity index (χ2v) is 6.61. The number of hydrogen-bond donors (Lipinski definition) is 1. The molecule has 6 nitrogen and oxygen atoms in total. The molecule has 1 aliphatic rings. The maximum absolute atomic E-state index is 12.0. The Morgan fingerprint density at radius 2 is 1.88 bits per heavy atom. The average molecular weight is 352 g/mol. The summed E-state index contributed by atoms with van der Waals surface area (Å²) >= 11 is 0. The summed E-state index contributed by atoms with van der Waals surface area (Å²) in [5.74, 6) is 1.17. The first-order chi connectivity index (χ1) is 12.5. The molecule has 1 aromatic carbocycles. The quantitative estimate of drug-likeness (QED) is 0.860. The fourth-order valence-corrected chi connectivity index (χ4v) is 2.81. The zero-order valence-corrected chi connectivity index (χ0v) is 15.4. The number of rotatable bonds is 6. The Morgan fingerprint density at radius 3 is 2.46 bits per heavy atom. The smallest absolute Gasteiger partial charge is 0.229 e. The van der Waals surface area contributed by atoms with E-state index in [1.165, 1.54) is 0 Å². The van der Waals surface area contributed by atoms with Gasteiger partial charge in [-0.15, -0.1) is 0 Å². The molecule has 0 saturated carbocycles. The van der Waals surface area contributed by atoms with Crippen molar-refractivity contribution in [3.8, 4) is 11.1 Å². The van der Waals surface area contributed by atoms with Crippen LogP contribution in [-0.4, -0.2) is 36.1 Å². The molecule has 136 valence electrons. The first kappa shape index (κ1) is 17.9. The monoisotopic (exact) mass is 352 g/mol. The van der Waals surface area contributed by atoms with Crippen molar-refractivity contribution in [3.05, 3.63) is 48.5 Å². The van der Waals surface area contributed by atoms with E-state index < -0.39 is 0 Å². The number of carbonyl (C=O) groups is 1. The second-order valence-electron chi connectivity index (χ2n) is 6.61. The highest BCUT2D eigenvalue weighted by Crippen LogP contribution is 2.22. The third-order valence-electron chi connectivity index (χ3n) is 4.33. The van der Waals surface area contributed by atoms with Gasteiger partial charge in [0.05, 0.1) is 5.76 Å². The van der Waals surface area contributed by atoms with Crippen molar-refractivity contribution in [3.63, 3.8) is 0 Å². The number of hydrogen-bond acceptors (Lipinski definition) is 5. The highest BCUT2D eigenvalue weighted by atomic mass is 16.5. The van der Waals surface area contributed by atoms with E-state index in [-0.39, 0.29) is 12.0 Å². The Balaban J connectivity index is 1.53. The fourth-order valence-electron chi connectivity index (χ4n) is 2.81. The molecule has 1 unspecified atom stereocenters. The summed E-state index contributed by atoms with van der Waals surface area (Å²) in [7, 11) is 4.01. The lowest BCUT2D eigenvalue weighted by Gasteiger charge is -2.12. The van der Waals surface area contributed by atoms with E-state index in [1.807, 2.05) is 50.2 Å². The fraction of sp³-hybridized carbons (Fsp3) is 0.350. The zero-order valence-electron chi connectivity index (χ0n) is 15.4. The van der Waals surface area contributed by atoms with Crippen LogP contribution >= 0.6 is 0 Å². The average Bonchev–Trinajstić information content (AvgIpc) is 3.06. The molecule has 0 aliphatic carbocycles. The molecule has 26 heavy (non-hydrogen) atoms. The number of anilines is 2. The molecule has 2 heterocycles. The summed E-state index contributed by atoms with van der Waals surface area (Å²) in [4.78, 5) is 22.6. The SMILES string of the molecule is CC1=CCC(CCC(=O)Nc2ncc(-c3ccc(N(C)C)cc3)cn2)O1. The van der Waals surface area contributed by atoms with Crippen molar-refractivity contribution < 1.29 is 9.53 Å². The van der Waals surface area contributed by atoms with Gasteiger partial charge >= 0.3 is 0 Å². The summed E-state index contributed by atoms with van der Waals surface area (Å²) in [6.45, 7) is 1.93. The first-order valence-electron chi connectivity index (χ1n) is 8.74. The van der Waals surface area contributed by atoms with Crippen molar-refractivity contribution in [2.24, 2.45) is 0 Å². The van der Waals surface area contributed by atoms with Gasteiger partial charge in [-0.05, 0) is 37.1 Å². The molecule has 0 spiro atoms. The van der Waals surface area contributed by atoms with Crippen molar-refractivity contribution in [2.45, 2.75) is 32.3 Å². The molecule has 0 saturated heterocycles. The minimum absolute atomic E-state index is 0.0961. The van der Waals surface area contributed by atoms with Crippen LogP contribution in [0.4, 0.5) is 11.6 Å². The summed E-state index contributed by atoms with van der Waals surface area (Å²) in [5, 5.41) is 2.74. The van der Waals surface area contributed by atoms with Crippen molar-refractivity contribution in [2.75, 3.05) is 24.3 Å². The van der Waals surface area contributed by atoms with Crippen LogP contribution in [0.5, 0.6) is 0 Å². The van der Waals surface area contributed by atoms with Gasteiger partial charge in [-0.2, -0.15) is 0 Å². The molecule has 3 rings (SSSR count). The highest BCUT2D eigenvalue weighted by Gasteiger charge is 2.17. The number of carbonyl (C=O) groups excluding carboxylic acids is 1. The molecule has 0 radical (unpaired) electrons. The molecule has 0 fully saturated rings. The van der Waals surface area contributed by atoms with Crippen molar-refractivity contribution >= 4 is 17.5 Å². The van der Waals surface area contributed by atoms with Crippen molar-refractivity contribution in [1.29, 1.82) is 0 Å². The van der Waals surface area contributed by atoms with Crippen LogP contribution in [0.1, 0.15) is 26.2 Å². The number of nitrogens with one attached hydrogen (secondary N) is 1. The van der Waals surface area contributed by atoms with Gasteiger partial charge in [-0.3, -0.25) is 10.1 Å². The van der Waals surface area contributed by atoms with Gasteiger partial charge in [0.15, 0.2) is 0 Å². The van der Waals surface area contributed by atoms with Gasteiger partial charge < -0.3 is 9.64 Å². The van der Waals surface area contributed by atoms with E-state index >= 15 is 0 Å². The highest BCUT2D eigenvalue weighted by molar-refractivity contribution is 5.89. The van der Waals surface area contributed by atoms with Gasteiger partial charge in [-0.25, -0.2) is 9.97 Å². The molecule has 1 amide bonds. The Hall–Kier alpha value is -2.89. The standard InChI is InChI=1S/C20H24N4O2/c1-14-4-9-18(26-14)10-11-19(25)23-20-21-12-16(13-22-20)15-5-7-17(8-6-15)24(2)3/h4-8,12-13,18H,9-11H2,1-3H3,(H,21,22,23,25). The predicted molar refractivity (Wildman–Crippen MR) is 103 cm³/mol. The maximum Gasteiger partial charge on any atom is 0.229 e. The Morgan fingerprint density at radius 1 is 1.19 bits per heavy atom. The van der Waals surface area contributed by atoms with E-state index in [2.05, 4.69) is 21.4 Å². The van der Waals surface area contributed by atoms with Gasteiger partial charge in [0, 0.05) is 50.6 Å². The van der Waals surface area contributed by atoms with Crippen LogP contribution in [0.3, 0.4) is 0 Å². The van der Waals surface area contributed by atoms with E-state index in [1.54, 1.807) is 12.4 Å². The Kier molecular flexibility index (Phi) is 5.51. The molecule has 6 heteroatoms.